The van der Waals surface area contributed by atoms with Crippen LogP contribution in [-0.2, 0) is 14.3 Å². The van der Waals surface area contributed by atoms with Crippen molar-refractivity contribution in [2.45, 2.75) is 0 Å². The third-order valence-corrected chi connectivity index (χ3v) is 4.39. The molecule has 0 bridgehead atoms. The molecule has 3 aromatic rings. The van der Waals surface area contributed by atoms with E-state index in [9.17, 15) is 9.59 Å². The highest BCUT2D eigenvalue weighted by Gasteiger charge is 2.11. The van der Waals surface area contributed by atoms with Crippen LogP contribution in [0.15, 0.2) is 66.7 Å². The van der Waals surface area contributed by atoms with Crippen LogP contribution in [0.4, 0.5) is 5.69 Å². The summed E-state index contributed by atoms with van der Waals surface area (Å²) < 4.78 is 16.0. The van der Waals surface area contributed by atoms with Gasteiger partial charge >= 0.3 is 5.97 Å². The van der Waals surface area contributed by atoms with E-state index >= 15 is 0 Å². The average Bonchev–Trinajstić information content (AvgIpc) is 2.76. The standard InChI is InChI=1S/C23H19NO5/c25-22(24-19-7-3-5-17-4-1-2-6-18(17)19)15-29-23(26)11-9-16-8-10-20-21(14-16)28-13-12-27-20/h1-11,14H,12-13,15H2,(H,24,25)/b11-9+. The van der Waals surface area contributed by atoms with Gasteiger partial charge in [0.1, 0.15) is 13.2 Å². The van der Waals surface area contributed by atoms with Crippen LogP contribution in [0.25, 0.3) is 16.8 Å². The number of benzene rings is 3. The van der Waals surface area contributed by atoms with Crippen molar-refractivity contribution in [3.8, 4) is 11.5 Å². The van der Waals surface area contributed by atoms with E-state index < -0.39 is 11.9 Å². The summed E-state index contributed by atoms with van der Waals surface area (Å²) in [6.07, 6.45) is 2.87. The SMILES string of the molecule is O=C(COC(=O)/C=C/c1ccc2c(c1)OCCO2)Nc1cccc2ccccc12. The molecule has 1 aliphatic heterocycles. The summed E-state index contributed by atoms with van der Waals surface area (Å²) in [4.78, 5) is 24.1. The summed E-state index contributed by atoms with van der Waals surface area (Å²) in [5, 5.41) is 4.72. The lowest BCUT2D eigenvalue weighted by molar-refractivity contribution is -0.142. The van der Waals surface area contributed by atoms with Crippen molar-refractivity contribution in [3.63, 3.8) is 0 Å². The number of hydrogen-bond donors (Lipinski definition) is 1. The highest BCUT2D eigenvalue weighted by molar-refractivity contribution is 6.03. The average molecular weight is 389 g/mol. The number of fused-ring (bicyclic) bond motifs is 2. The number of carbonyl (C=O) groups is 2. The van der Waals surface area contributed by atoms with Crippen LogP contribution >= 0.6 is 0 Å². The molecule has 3 aromatic carbocycles. The molecule has 6 heteroatoms. The molecule has 4 rings (SSSR count). The molecule has 0 saturated heterocycles. The zero-order valence-corrected chi connectivity index (χ0v) is 15.6. The minimum atomic E-state index is -0.604. The van der Waals surface area contributed by atoms with Gasteiger partial charge < -0.3 is 19.5 Å². The Hall–Kier alpha value is -3.80. The summed E-state index contributed by atoms with van der Waals surface area (Å²) in [5.41, 5.74) is 1.45. The maximum Gasteiger partial charge on any atom is 0.331 e. The van der Waals surface area contributed by atoms with Crippen molar-refractivity contribution in [3.05, 3.63) is 72.3 Å². The molecule has 1 aliphatic rings. The van der Waals surface area contributed by atoms with Gasteiger partial charge in [-0.2, -0.15) is 0 Å². The van der Waals surface area contributed by atoms with Crippen molar-refractivity contribution >= 4 is 34.4 Å². The fraction of sp³-hybridized carbons (Fsp3) is 0.130. The molecule has 0 unspecified atom stereocenters. The molecule has 0 saturated carbocycles. The van der Waals surface area contributed by atoms with Gasteiger partial charge in [-0.05, 0) is 35.2 Å². The van der Waals surface area contributed by atoms with Crippen LogP contribution in [0.1, 0.15) is 5.56 Å². The number of anilines is 1. The zero-order valence-electron chi connectivity index (χ0n) is 15.6. The topological polar surface area (TPSA) is 73.9 Å². The van der Waals surface area contributed by atoms with E-state index in [1.165, 1.54) is 6.08 Å². The number of ether oxygens (including phenoxy) is 3. The Labute approximate surface area is 167 Å². The van der Waals surface area contributed by atoms with E-state index in [1.807, 2.05) is 48.5 Å². The molecule has 1 N–H and O–H groups in total. The highest BCUT2D eigenvalue weighted by Crippen LogP contribution is 2.31. The predicted octanol–water partition coefficient (Wildman–Crippen LogP) is 3.81. The summed E-state index contributed by atoms with van der Waals surface area (Å²) in [6.45, 7) is 0.650. The van der Waals surface area contributed by atoms with Gasteiger partial charge in [-0.25, -0.2) is 4.79 Å². The van der Waals surface area contributed by atoms with Gasteiger partial charge in [0.2, 0.25) is 0 Å². The number of hydrogen-bond acceptors (Lipinski definition) is 5. The Morgan fingerprint density at radius 3 is 2.66 bits per heavy atom. The van der Waals surface area contributed by atoms with Crippen molar-refractivity contribution < 1.29 is 23.8 Å². The molecule has 6 nitrogen and oxygen atoms in total. The first-order valence-corrected chi connectivity index (χ1v) is 9.21. The molecule has 0 radical (unpaired) electrons. The number of rotatable bonds is 5. The zero-order chi connectivity index (χ0) is 20.1. The molecule has 0 aliphatic carbocycles. The second-order valence-electron chi connectivity index (χ2n) is 6.42. The van der Waals surface area contributed by atoms with E-state index in [-0.39, 0.29) is 6.61 Å². The van der Waals surface area contributed by atoms with Crippen molar-refractivity contribution in [1.29, 1.82) is 0 Å². The summed E-state index contributed by atoms with van der Waals surface area (Å²) in [6, 6.07) is 18.7. The molecule has 0 spiro atoms. The van der Waals surface area contributed by atoms with E-state index in [4.69, 9.17) is 14.2 Å². The van der Waals surface area contributed by atoms with Gasteiger partial charge in [0.05, 0.1) is 0 Å². The molecular weight excluding hydrogens is 370 g/mol. The number of esters is 1. The maximum absolute atomic E-state index is 12.2. The molecule has 1 heterocycles. The van der Waals surface area contributed by atoms with Crippen LogP contribution in [-0.4, -0.2) is 31.7 Å². The Bertz CT molecular complexity index is 1080. The van der Waals surface area contributed by atoms with E-state index in [1.54, 1.807) is 18.2 Å². The third-order valence-electron chi connectivity index (χ3n) is 4.39. The first kappa shape index (κ1) is 18.6. The molecule has 0 aromatic heterocycles. The van der Waals surface area contributed by atoms with Gasteiger partial charge in [0, 0.05) is 17.1 Å². The number of amides is 1. The first-order chi connectivity index (χ1) is 14.2. The lowest BCUT2D eigenvalue weighted by atomic mass is 10.1. The van der Waals surface area contributed by atoms with E-state index in [0.717, 1.165) is 16.3 Å². The van der Waals surface area contributed by atoms with Crippen LogP contribution in [0.5, 0.6) is 11.5 Å². The van der Waals surface area contributed by atoms with Crippen molar-refractivity contribution in [1.82, 2.24) is 0 Å². The second kappa shape index (κ2) is 8.48. The van der Waals surface area contributed by atoms with Crippen LogP contribution in [0.2, 0.25) is 0 Å². The monoisotopic (exact) mass is 389 g/mol. The highest BCUT2D eigenvalue weighted by atomic mass is 16.6. The smallest absolute Gasteiger partial charge is 0.331 e. The summed E-state index contributed by atoms with van der Waals surface area (Å²) >= 11 is 0. The number of carbonyl (C=O) groups excluding carboxylic acids is 2. The summed E-state index contributed by atoms with van der Waals surface area (Å²) in [5.74, 6) is 0.317. The third kappa shape index (κ3) is 4.55. The van der Waals surface area contributed by atoms with Gasteiger partial charge in [0.15, 0.2) is 18.1 Å². The van der Waals surface area contributed by atoms with Crippen LogP contribution in [0, 0.1) is 0 Å². The molecule has 0 fully saturated rings. The normalized spacial score (nSPS) is 12.7. The van der Waals surface area contributed by atoms with Gasteiger partial charge in [-0.15, -0.1) is 0 Å². The Morgan fingerprint density at radius 1 is 0.966 bits per heavy atom. The number of nitrogens with one attached hydrogen (secondary N) is 1. The lowest BCUT2D eigenvalue weighted by Gasteiger charge is -2.18. The lowest BCUT2D eigenvalue weighted by Crippen LogP contribution is -2.20. The molecule has 146 valence electrons. The maximum atomic E-state index is 12.2. The van der Waals surface area contributed by atoms with E-state index in [2.05, 4.69) is 5.32 Å². The Balaban J connectivity index is 1.32. The minimum absolute atomic E-state index is 0.368. The van der Waals surface area contributed by atoms with Crippen LogP contribution < -0.4 is 14.8 Å². The van der Waals surface area contributed by atoms with Gasteiger partial charge in [0.25, 0.3) is 5.91 Å². The fourth-order valence-corrected chi connectivity index (χ4v) is 3.03. The Kier molecular flexibility index (Phi) is 5.42. The predicted molar refractivity (Wildman–Crippen MR) is 110 cm³/mol. The fourth-order valence-electron chi connectivity index (χ4n) is 3.03. The Morgan fingerprint density at radius 2 is 1.76 bits per heavy atom. The first-order valence-electron chi connectivity index (χ1n) is 9.21. The summed E-state index contributed by atoms with van der Waals surface area (Å²) in [7, 11) is 0. The molecule has 29 heavy (non-hydrogen) atoms. The van der Waals surface area contributed by atoms with Crippen LogP contribution in [0.3, 0.4) is 0 Å². The minimum Gasteiger partial charge on any atom is -0.486 e. The molecular formula is C23H19NO5. The van der Waals surface area contributed by atoms with Crippen molar-refractivity contribution in [2.75, 3.05) is 25.1 Å². The van der Waals surface area contributed by atoms with Crippen molar-refractivity contribution in [2.24, 2.45) is 0 Å². The molecule has 0 atom stereocenters. The van der Waals surface area contributed by atoms with Gasteiger partial charge in [-0.3, -0.25) is 4.79 Å². The molecule has 1 amide bonds. The van der Waals surface area contributed by atoms with E-state index in [0.29, 0.717) is 30.4 Å². The quantitative estimate of drug-likeness (QED) is 0.531. The second-order valence-corrected chi connectivity index (χ2v) is 6.42. The van der Waals surface area contributed by atoms with Gasteiger partial charge in [-0.1, -0.05) is 42.5 Å². The largest absolute Gasteiger partial charge is 0.486 e.